The quantitative estimate of drug-likeness (QED) is 0.864. The highest BCUT2D eigenvalue weighted by atomic mass is 19.1. The molecule has 0 aromatic heterocycles. The third-order valence-corrected chi connectivity index (χ3v) is 2.94. The van der Waals surface area contributed by atoms with Crippen LogP contribution in [0.15, 0.2) is 54.6 Å². The maximum Gasteiger partial charge on any atom is 0.126 e. The van der Waals surface area contributed by atoms with Crippen LogP contribution in [0.4, 0.5) is 4.39 Å². The Morgan fingerprint density at radius 2 is 1.68 bits per heavy atom. The zero-order valence-corrected chi connectivity index (χ0v) is 10.8. The van der Waals surface area contributed by atoms with E-state index in [-0.39, 0.29) is 11.9 Å². The van der Waals surface area contributed by atoms with Gasteiger partial charge in [0.15, 0.2) is 0 Å². The van der Waals surface area contributed by atoms with E-state index in [1.807, 2.05) is 36.4 Å². The second-order valence-electron chi connectivity index (χ2n) is 4.51. The van der Waals surface area contributed by atoms with Crippen LogP contribution >= 0.6 is 0 Å². The SMILES string of the molecule is NC(CCOc1ccccc1)Cc1ccccc1F. The average Bonchev–Trinajstić information content (AvgIpc) is 2.43. The molecule has 2 nitrogen and oxygen atoms in total. The minimum atomic E-state index is -0.193. The molecule has 0 saturated carbocycles. The van der Waals surface area contributed by atoms with Crippen LogP contribution in [-0.2, 0) is 6.42 Å². The van der Waals surface area contributed by atoms with E-state index in [0.29, 0.717) is 25.0 Å². The van der Waals surface area contributed by atoms with Crippen molar-refractivity contribution in [2.45, 2.75) is 18.9 Å². The molecule has 1 unspecified atom stereocenters. The van der Waals surface area contributed by atoms with E-state index < -0.39 is 0 Å². The topological polar surface area (TPSA) is 35.2 Å². The Hall–Kier alpha value is -1.87. The lowest BCUT2D eigenvalue weighted by atomic mass is 10.0. The van der Waals surface area contributed by atoms with Crippen molar-refractivity contribution in [3.63, 3.8) is 0 Å². The number of benzene rings is 2. The van der Waals surface area contributed by atoms with Crippen molar-refractivity contribution in [1.82, 2.24) is 0 Å². The zero-order chi connectivity index (χ0) is 13.5. The number of ether oxygens (including phenoxy) is 1. The Kier molecular flexibility index (Phi) is 4.93. The molecule has 1 atom stereocenters. The molecule has 0 aliphatic heterocycles. The molecule has 0 fully saturated rings. The molecule has 3 heteroatoms. The fourth-order valence-electron chi connectivity index (χ4n) is 1.89. The van der Waals surface area contributed by atoms with E-state index in [0.717, 1.165) is 5.75 Å². The van der Waals surface area contributed by atoms with Crippen molar-refractivity contribution in [3.8, 4) is 5.75 Å². The Labute approximate surface area is 113 Å². The van der Waals surface area contributed by atoms with E-state index >= 15 is 0 Å². The molecule has 2 aromatic rings. The summed E-state index contributed by atoms with van der Waals surface area (Å²) in [6.07, 6.45) is 1.23. The predicted molar refractivity (Wildman–Crippen MR) is 74.6 cm³/mol. The van der Waals surface area contributed by atoms with Crippen molar-refractivity contribution in [2.24, 2.45) is 5.73 Å². The lowest BCUT2D eigenvalue weighted by Gasteiger charge is -2.13. The van der Waals surface area contributed by atoms with Crippen LogP contribution in [-0.4, -0.2) is 12.6 Å². The summed E-state index contributed by atoms with van der Waals surface area (Å²) >= 11 is 0. The Balaban J connectivity index is 1.76. The van der Waals surface area contributed by atoms with Gasteiger partial charge in [-0.15, -0.1) is 0 Å². The van der Waals surface area contributed by atoms with E-state index in [2.05, 4.69) is 0 Å². The molecular formula is C16H18FNO. The largest absolute Gasteiger partial charge is 0.494 e. The molecule has 0 saturated heterocycles. The fraction of sp³-hybridized carbons (Fsp3) is 0.250. The van der Waals surface area contributed by atoms with Crippen molar-refractivity contribution < 1.29 is 9.13 Å². The van der Waals surface area contributed by atoms with Gasteiger partial charge in [-0.1, -0.05) is 36.4 Å². The third kappa shape index (κ3) is 4.38. The molecule has 0 bridgehead atoms. The van der Waals surface area contributed by atoms with Gasteiger partial charge in [-0.2, -0.15) is 0 Å². The van der Waals surface area contributed by atoms with E-state index in [1.54, 1.807) is 12.1 Å². The molecule has 0 spiro atoms. The van der Waals surface area contributed by atoms with Gasteiger partial charge in [0, 0.05) is 6.04 Å². The molecule has 100 valence electrons. The average molecular weight is 259 g/mol. The summed E-state index contributed by atoms with van der Waals surface area (Å²) in [5.41, 5.74) is 6.65. The summed E-state index contributed by atoms with van der Waals surface area (Å²) in [6.45, 7) is 0.541. The van der Waals surface area contributed by atoms with Crippen LogP contribution < -0.4 is 10.5 Å². The molecule has 2 aromatic carbocycles. The standard InChI is InChI=1S/C16H18FNO/c17-16-9-5-4-6-13(16)12-14(18)10-11-19-15-7-2-1-3-8-15/h1-9,14H,10-12,18H2. The first kappa shape index (κ1) is 13.6. The van der Waals surface area contributed by atoms with Crippen molar-refractivity contribution >= 4 is 0 Å². The third-order valence-electron chi connectivity index (χ3n) is 2.94. The van der Waals surface area contributed by atoms with Gasteiger partial charge in [-0.3, -0.25) is 0 Å². The monoisotopic (exact) mass is 259 g/mol. The highest BCUT2D eigenvalue weighted by molar-refractivity contribution is 5.21. The maximum atomic E-state index is 13.5. The van der Waals surface area contributed by atoms with Crippen LogP contribution in [0.3, 0.4) is 0 Å². The van der Waals surface area contributed by atoms with Crippen LogP contribution in [0.2, 0.25) is 0 Å². The summed E-state index contributed by atoms with van der Waals surface area (Å²) in [5, 5.41) is 0. The number of hydrogen-bond acceptors (Lipinski definition) is 2. The van der Waals surface area contributed by atoms with Crippen molar-refractivity contribution in [1.29, 1.82) is 0 Å². The lowest BCUT2D eigenvalue weighted by Crippen LogP contribution is -2.25. The van der Waals surface area contributed by atoms with E-state index in [4.69, 9.17) is 10.5 Å². The smallest absolute Gasteiger partial charge is 0.126 e. The molecule has 19 heavy (non-hydrogen) atoms. The van der Waals surface area contributed by atoms with Gasteiger partial charge in [-0.05, 0) is 36.6 Å². The highest BCUT2D eigenvalue weighted by Gasteiger charge is 2.08. The minimum Gasteiger partial charge on any atom is -0.494 e. The normalized spacial score (nSPS) is 12.1. The molecule has 2 rings (SSSR count). The first-order valence-electron chi connectivity index (χ1n) is 6.42. The zero-order valence-electron chi connectivity index (χ0n) is 10.8. The molecule has 0 aliphatic rings. The van der Waals surface area contributed by atoms with E-state index in [1.165, 1.54) is 6.07 Å². The molecule has 0 heterocycles. The van der Waals surface area contributed by atoms with Crippen molar-refractivity contribution in [2.75, 3.05) is 6.61 Å². The lowest BCUT2D eigenvalue weighted by molar-refractivity contribution is 0.297. The van der Waals surface area contributed by atoms with Gasteiger partial charge < -0.3 is 10.5 Å². The van der Waals surface area contributed by atoms with Crippen LogP contribution in [0, 0.1) is 5.82 Å². The van der Waals surface area contributed by atoms with Gasteiger partial charge in [-0.25, -0.2) is 4.39 Å². The highest BCUT2D eigenvalue weighted by Crippen LogP contribution is 2.11. The van der Waals surface area contributed by atoms with Gasteiger partial charge in [0.2, 0.25) is 0 Å². The molecule has 0 amide bonds. The van der Waals surface area contributed by atoms with Gasteiger partial charge in [0.05, 0.1) is 6.61 Å². The second kappa shape index (κ2) is 6.90. The Morgan fingerprint density at radius 1 is 1.00 bits per heavy atom. The Bertz CT molecular complexity index is 501. The second-order valence-corrected chi connectivity index (χ2v) is 4.51. The van der Waals surface area contributed by atoms with Crippen LogP contribution in [0.1, 0.15) is 12.0 Å². The first-order chi connectivity index (χ1) is 9.25. The fourth-order valence-corrected chi connectivity index (χ4v) is 1.89. The minimum absolute atomic E-state index is 0.0967. The van der Waals surface area contributed by atoms with Gasteiger partial charge in [0.1, 0.15) is 11.6 Å². The number of nitrogens with two attached hydrogens (primary N) is 1. The predicted octanol–water partition coefficient (Wildman–Crippen LogP) is 3.16. The van der Waals surface area contributed by atoms with Gasteiger partial charge >= 0.3 is 0 Å². The van der Waals surface area contributed by atoms with Crippen molar-refractivity contribution in [3.05, 3.63) is 66.0 Å². The van der Waals surface area contributed by atoms with E-state index in [9.17, 15) is 4.39 Å². The summed E-state index contributed by atoms with van der Waals surface area (Å²) in [4.78, 5) is 0. The van der Waals surface area contributed by atoms with Crippen LogP contribution in [0.25, 0.3) is 0 Å². The summed E-state index contributed by atoms with van der Waals surface area (Å²) in [7, 11) is 0. The Morgan fingerprint density at radius 3 is 2.42 bits per heavy atom. The summed E-state index contributed by atoms with van der Waals surface area (Å²) < 4.78 is 19.0. The first-order valence-corrected chi connectivity index (χ1v) is 6.42. The molecule has 2 N–H and O–H groups in total. The molecule has 0 radical (unpaired) electrons. The number of halogens is 1. The van der Waals surface area contributed by atoms with Crippen LogP contribution in [0.5, 0.6) is 5.75 Å². The number of para-hydroxylation sites is 1. The van der Waals surface area contributed by atoms with Gasteiger partial charge in [0.25, 0.3) is 0 Å². The summed E-state index contributed by atoms with van der Waals surface area (Å²) in [6, 6.07) is 16.2. The maximum absolute atomic E-state index is 13.5. The molecular weight excluding hydrogens is 241 g/mol. The summed E-state index contributed by atoms with van der Waals surface area (Å²) in [5.74, 6) is 0.641. The molecule has 0 aliphatic carbocycles. The number of hydrogen-bond donors (Lipinski definition) is 1. The number of rotatable bonds is 6.